The van der Waals surface area contributed by atoms with Crippen LogP contribution in [0, 0.1) is 0 Å². The van der Waals surface area contributed by atoms with Gasteiger partial charge in [-0.25, -0.2) is 9.97 Å². The second kappa shape index (κ2) is 6.96. The molecule has 0 saturated carbocycles. The summed E-state index contributed by atoms with van der Waals surface area (Å²) >= 11 is 1.73. The number of aromatic nitrogens is 2. The Morgan fingerprint density at radius 1 is 1.17 bits per heavy atom. The van der Waals surface area contributed by atoms with Crippen molar-refractivity contribution in [2.45, 2.75) is 19.8 Å². The lowest BCUT2D eigenvalue weighted by Crippen LogP contribution is -2.08. The van der Waals surface area contributed by atoms with Crippen molar-refractivity contribution < 1.29 is 0 Å². The van der Waals surface area contributed by atoms with E-state index in [9.17, 15) is 0 Å². The molecule has 2 rings (SSSR count). The van der Waals surface area contributed by atoms with E-state index in [0.717, 1.165) is 37.6 Å². The van der Waals surface area contributed by atoms with E-state index in [1.165, 1.54) is 5.56 Å². The Labute approximate surface area is 111 Å². The molecular weight excluding hydrogens is 244 g/mol. The van der Waals surface area contributed by atoms with Crippen molar-refractivity contribution in [1.29, 1.82) is 0 Å². The molecule has 96 valence electrons. The summed E-state index contributed by atoms with van der Waals surface area (Å²) in [6, 6.07) is 4.10. The third-order valence-electron chi connectivity index (χ3n) is 2.52. The minimum atomic E-state index is 0.874. The topological polar surface area (TPSA) is 49.8 Å². The standard InChI is InChI=1S/C13H18N4S/c1-2-5-14-12-8-13(17-10-16-12)15-6-3-11-4-7-18-9-11/h4,7-10H,2-3,5-6H2,1H3,(H2,14,15,16,17). The molecule has 0 bridgehead atoms. The summed E-state index contributed by atoms with van der Waals surface area (Å²) in [5.41, 5.74) is 1.37. The average molecular weight is 262 g/mol. The average Bonchev–Trinajstić information content (AvgIpc) is 2.90. The van der Waals surface area contributed by atoms with E-state index in [2.05, 4.69) is 44.4 Å². The van der Waals surface area contributed by atoms with Gasteiger partial charge in [0, 0.05) is 19.2 Å². The molecule has 0 aromatic carbocycles. The Morgan fingerprint density at radius 2 is 1.94 bits per heavy atom. The minimum Gasteiger partial charge on any atom is -0.370 e. The zero-order chi connectivity index (χ0) is 12.6. The summed E-state index contributed by atoms with van der Waals surface area (Å²) in [6.45, 7) is 3.96. The molecule has 0 aliphatic heterocycles. The van der Waals surface area contributed by atoms with Gasteiger partial charge >= 0.3 is 0 Å². The summed E-state index contributed by atoms with van der Waals surface area (Å²) < 4.78 is 0. The number of anilines is 2. The second-order valence-electron chi connectivity index (χ2n) is 4.02. The van der Waals surface area contributed by atoms with Gasteiger partial charge in [0.05, 0.1) is 0 Å². The fraction of sp³-hybridized carbons (Fsp3) is 0.385. The SMILES string of the molecule is CCCNc1cc(NCCc2ccsc2)ncn1. The van der Waals surface area contributed by atoms with Gasteiger partial charge in [0.1, 0.15) is 18.0 Å². The quantitative estimate of drug-likeness (QED) is 0.805. The Morgan fingerprint density at radius 3 is 2.61 bits per heavy atom. The molecule has 0 amide bonds. The number of thiophene rings is 1. The maximum Gasteiger partial charge on any atom is 0.131 e. The first-order valence-corrected chi connectivity index (χ1v) is 7.13. The largest absolute Gasteiger partial charge is 0.370 e. The van der Waals surface area contributed by atoms with Crippen LogP contribution in [0.4, 0.5) is 11.6 Å². The van der Waals surface area contributed by atoms with E-state index < -0.39 is 0 Å². The van der Waals surface area contributed by atoms with Crippen LogP contribution < -0.4 is 10.6 Å². The lowest BCUT2D eigenvalue weighted by atomic mass is 10.2. The Kier molecular flexibility index (Phi) is 4.96. The smallest absolute Gasteiger partial charge is 0.131 e. The highest BCUT2D eigenvalue weighted by Crippen LogP contribution is 2.10. The number of hydrogen-bond donors (Lipinski definition) is 2. The molecule has 0 fully saturated rings. The van der Waals surface area contributed by atoms with Crippen molar-refractivity contribution >= 4 is 23.0 Å². The molecule has 4 nitrogen and oxygen atoms in total. The van der Waals surface area contributed by atoms with Gasteiger partial charge in [0.2, 0.25) is 0 Å². The normalized spacial score (nSPS) is 10.3. The van der Waals surface area contributed by atoms with Gasteiger partial charge in [-0.1, -0.05) is 6.92 Å². The lowest BCUT2D eigenvalue weighted by molar-refractivity contribution is 0.960. The highest BCUT2D eigenvalue weighted by atomic mass is 32.1. The molecule has 2 aromatic rings. The van der Waals surface area contributed by atoms with Crippen LogP contribution in [0.3, 0.4) is 0 Å². The van der Waals surface area contributed by atoms with E-state index in [1.54, 1.807) is 17.7 Å². The van der Waals surface area contributed by atoms with Gasteiger partial charge in [0.25, 0.3) is 0 Å². The van der Waals surface area contributed by atoms with Crippen LogP contribution in [0.25, 0.3) is 0 Å². The molecule has 2 heterocycles. The molecule has 0 aliphatic carbocycles. The number of nitrogens with one attached hydrogen (secondary N) is 2. The first-order chi connectivity index (χ1) is 8.88. The van der Waals surface area contributed by atoms with Crippen LogP contribution in [0.5, 0.6) is 0 Å². The van der Waals surface area contributed by atoms with Crippen molar-refractivity contribution in [3.63, 3.8) is 0 Å². The minimum absolute atomic E-state index is 0.874. The van der Waals surface area contributed by atoms with Crippen LogP contribution in [-0.2, 0) is 6.42 Å². The fourth-order valence-electron chi connectivity index (χ4n) is 1.57. The van der Waals surface area contributed by atoms with Gasteiger partial charge in [-0.3, -0.25) is 0 Å². The zero-order valence-corrected chi connectivity index (χ0v) is 11.3. The maximum atomic E-state index is 4.21. The third kappa shape index (κ3) is 4.00. The Bertz CT molecular complexity index is 456. The van der Waals surface area contributed by atoms with Gasteiger partial charge < -0.3 is 10.6 Å². The van der Waals surface area contributed by atoms with Crippen molar-refractivity contribution in [2.24, 2.45) is 0 Å². The van der Waals surface area contributed by atoms with Crippen molar-refractivity contribution in [2.75, 3.05) is 23.7 Å². The molecule has 0 unspecified atom stereocenters. The molecule has 0 saturated heterocycles. The van der Waals surface area contributed by atoms with Gasteiger partial charge in [-0.2, -0.15) is 11.3 Å². The van der Waals surface area contributed by atoms with E-state index in [0.29, 0.717) is 0 Å². The van der Waals surface area contributed by atoms with Gasteiger partial charge in [0.15, 0.2) is 0 Å². The maximum absolute atomic E-state index is 4.21. The van der Waals surface area contributed by atoms with Crippen molar-refractivity contribution in [3.8, 4) is 0 Å². The predicted molar refractivity (Wildman–Crippen MR) is 77.3 cm³/mol. The monoisotopic (exact) mass is 262 g/mol. The Balaban J connectivity index is 1.81. The summed E-state index contributed by atoms with van der Waals surface area (Å²) in [5, 5.41) is 10.8. The fourth-order valence-corrected chi connectivity index (χ4v) is 2.28. The molecule has 0 spiro atoms. The van der Waals surface area contributed by atoms with Crippen LogP contribution in [-0.4, -0.2) is 23.1 Å². The van der Waals surface area contributed by atoms with Crippen LogP contribution in [0.1, 0.15) is 18.9 Å². The lowest BCUT2D eigenvalue weighted by Gasteiger charge is -2.07. The third-order valence-corrected chi connectivity index (χ3v) is 3.26. The highest BCUT2D eigenvalue weighted by Gasteiger charge is 1.98. The molecule has 0 aliphatic rings. The zero-order valence-electron chi connectivity index (χ0n) is 10.5. The number of rotatable bonds is 7. The highest BCUT2D eigenvalue weighted by molar-refractivity contribution is 7.07. The first-order valence-electron chi connectivity index (χ1n) is 6.19. The second-order valence-corrected chi connectivity index (χ2v) is 4.80. The predicted octanol–water partition coefficient (Wildman–Crippen LogP) is 3.01. The summed E-state index contributed by atoms with van der Waals surface area (Å²) in [7, 11) is 0. The summed E-state index contributed by atoms with van der Waals surface area (Å²) in [6.07, 6.45) is 3.70. The first kappa shape index (κ1) is 12.8. The number of nitrogens with zero attached hydrogens (tertiary/aromatic N) is 2. The van der Waals surface area contributed by atoms with E-state index in [1.807, 2.05) is 6.07 Å². The van der Waals surface area contributed by atoms with E-state index in [-0.39, 0.29) is 0 Å². The van der Waals surface area contributed by atoms with Crippen LogP contribution in [0.15, 0.2) is 29.2 Å². The van der Waals surface area contributed by atoms with Crippen molar-refractivity contribution in [1.82, 2.24) is 9.97 Å². The van der Waals surface area contributed by atoms with E-state index in [4.69, 9.17) is 0 Å². The summed E-state index contributed by atoms with van der Waals surface area (Å²) in [4.78, 5) is 8.38. The van der Waals surface area contributed by atoms with E-state index >= 15 is 0 Å². The molecular formula is C13H18N4S. The van der Waals surface area contributed by atoms with Crippen molar-refractivity contribution in [3.05, 3.63) is 34.8 Å². The number of hydrogen-bond acceptors (Lipinski definition) is 5. The molecule has 5 heteroatoms. The molecule has 18 heavy (non-hydrogen) atoms. The van der Waals surface area contributed by atoms with Gasteiger partial charge in [-0.15, -0.1) is 0 Å². The summed E-state index contributed by atoms with van der Waals surface area (Å²) in [5.74, 6) is 1.75. The molecule has 2 aromatic heterocycles. The molecule has 0 radical (unpaired) electrons. The molecule has 2 N–H and O–H groups in total. The molecule has 0 atom stereocenters. The van der Waals surface area contributed by atoms with Crippen LogP contribution in [0.2, 0.25) is 0 Å². The van der Waals surface area contributed by atoms with Gasteiger partial charge in [-0.05, 0) is 35.2 Å². The Hall–Kier alpha value is -1.62. The van der Waals surface area contributed by atoms with Crippen LogP contribution >= 0.6 is 11.3 Å².